The maximum absolute atomic E-state index is 9.89. The minimum absolute atomic E-state index is 0.0694. The number of hydrogen-bond acceptors (Lipinski definition) is 3. The maximum atomic E-state index is 9.89. The molecule has 1 aliphatic heterocycles. The van der Waals surface area contributed by atoms with Crippen LogP contribution < -0.4 is 5.11 Å². The molecule has 2 radical (unpaired) electrons. The highest BCUT2D eigenvalue weighted by atomic mass is 28.2. The van der Waals surface area contributed by atoms with Gasteiger partial charge in [0.25, 0.3) is 0 Å². The fourth-order valence-corrected chi connectivity index (χ4v) is 1.73. The molecule has 0 bridgehead atoms. The Kier molecular flexibility index (Phi) is 6.78. The zero-order valence-electron chi connectivity index (χ0n) is 9.21. The van der Waals surface area contributed by atoms with Crippen LogP contribution in [0.3, 0.4) is 0 Å². The maximum Gasteiger partial charge on any atom is 0.229 e. The monoisotopic (exact) mass is 217 g/mol. The highest BCUT2D eigenvalue weighted by Crippen LogP contribution is 2.01. The van der Waals surface area contributed by atoms with E-state index in [1.165, 1.54) is 18.9 Å². The van der Waals surface area contributed by atoms with Crippen LogP contribution in [-0.4, -0.2) is 54.5 Å². The summed E-state index contributed by atoms with van der Waals surface area (Å²) in [5, 5.41) is 9.89. The second-order valence-corrected chi connectivity index (χ2v) is 5.35. The van der Waals surface area contributed by atoms with Crippen LogP contribution in [-0.2, 0) is 9.22 Å². The van der Waals surface area contributed by atoms with Gasteiger partial charge in [-0.15, -0.1) is 0 Å². The van der Waals surface area contributed by atoms with E-state index in [1.54, 1.807) is 21.1 Å². The van der Waals surface area contributed by atoms with Crippen molar-refractivity contribution >= 4 is 15.7 Å². The first-order valence-corrected chi connectivity index (χ1v) is 5.88. The number of likely N-dealkylation sites (N-methyl/N-ethyl adjacent to an activating group) is 1. The molecule has 1 saturated heterocycles. The van der Waals surface area contributed by atoms with Gasteiger partial charge in [0.15, 0.2) is 0 Å². The lowest BCUT2D eigenvalue weighted by molar-refractivity contribution is -0.864. The molecule has 5 heteroatoms. The normalized spacial score (nSPS) is 16.8. The number of aliphatic carboxylic acids is 1. The summed E-state index contributed by atoms with van der Waals surface area (Å²) in [6, 6.07) is 1.31. The van der Waals surface area contributed by atoms with Crippen LogP contribution >= 0.6 is 0 Å². The minimum Gasteiger partial charge on any atom is -0.544 e. The van der Waals surface area contributed by atoms with Crippen LogP contribution in [0.1, 0.15) is 12.8 Å². The zero-order valence-corrected chi connectivity index (χ0v) is 10.2. The molecular weight excluding hydrogens is 198 g/mol. The molecule has 0 spiro atoms. The van der Waals surface area contributed by atoms with Crippen molar-refractivity contribution in [2.45, 2.75) is 18.9 Å². The molecule has 1 aliphatic rings. The van der Waals surface area contributed by atoms with Gasteiger partial charge >= 0.3 is 0 Å². The highest BCUT2D eigenvalue weighted by Gasteiger charge is 2.04. The average Bonchev–Trinajstić information content (AvgIpc) is 2.03. The summed E-state index contributed by atoms with van der Waals surface area (Å²) in [6.45, 7) is 1.08. The Morgan fingerprint density at radius 1 is 1.43 bits per heavy atom. The van der Waals surface area contributed by atoms with E-state index in [0.29, 0.717) is 4.48 Å². The molecule has 0 saturated carbocycles. The number of carbonyl (C=O) groups excluding carboxylic acids is 1. The van der Waals surface area contributed by atoms with Crippen LogP contribution in [0.5, 0.6) is 0 Å². The van der Waals surface area contributed by atoms with E-state index in [-0.39, 0.29) is 6.54 Å². The third-order valence-corrected chi connectivity index (χ3v) is 2.45. The fraction of sp³-hybridized carbons (Fsp3) is 0.889. The lowest BCUT2D eigenvalue weighted by atomic mass is 10.4. The Bertz CT molecular complexity index is 152. The standard InChI is InChI=1S/C5H11NO2.C4H8OSi/c1-6(2,3)4-5(7)8;1-2-4-6-5-3-1/h4H2,1-3H3;1-4H2. The summed E-state index contributed by atoms with van der Waals surface area (Å²) in [4.78, 5) is 9.89. The molecule has 0 amide bonds. The molecule has 1 rings (SSSR count). The van der Waals surface area contributed by atoms with Crippen molar-refractivity contribution in [2.75, 3.05) is 34.3 Å². The molecular formula is C9H19NO3Si. The third kappa shape index (κ3) is 11.6. The Morgan fingerprint density at radius 2 is 2.07 bits per heavy atom. The van der Waals surface area contributed by atoms with E-state index < -0.39 is 5.97 Å². The Hall–Kier alpha value is -0.393. The molecule has 0 atom stereocenters. The van der Waals surface area contributed by atoms with E-state index >= 15 is 0 Å². The molecule has 14 heavy (non-hydrogen) atoms. The van der Waals surface area contributed by atoms with Gasteiger partial charge in [0.1, 0.15) is 6.54 Å². The predicted molar refractivity (Wildman–Crippen MR) is 53.7 cm³/mol. The topological polar surface area (TPSA) is 49.4 Å². The van der Waals surface area contributed by atoms with Crippen molar-refractivity contribution in [2.24, 2.45) is 0 Å². The molecule has 4 nitrogen and oxygen atoms in total. The van der Waals surface area contributed by atoms with Crippen LogP contribution in [0, 0.1) is 0 Å². The number of carbonyl (C=O) groups is 1. The Balaban J connectivity index is 0.000000249. The summed E-state index contributed by atoms with van der Waals surface area (Å²) < 4.78 is 5.52. The molecule has 0 aliphatic carbocycles. The lowest BCUT2D eigenvalue weighted by Gasteiger charge is -2.23. The number of nitrogens with zero attached hydrogens (tertiary/aromatic N) is 1. The van der Waals surface area contributed by atoms with Crippen LogP contribution in [0.4, 0.5) is 0 Å². The van der Waals surface area contributed by atoms with Crippen molar-refractivity contribution in [3.63, 3.8) is 0 Å². The van der Waals surface area contributed by atoms with Gasteiger partial charge in [0.2, 0.25) is 9.76 Å². The predicted octanol–water partition coefficient (Wildman–Crippen LogP) is -0.723. The highest BCUT2D eigenvalue weighted by molar-refractivity contribution is 6.27. The van der Waals surface area contributed by atoms with Crippen molar-refractivity contribution in [3.05, 3.63) is 0 Å². The lowest BCUT2D eigenvalue weighted by Crippen LogP contribution is -2.45. The summed E-state index contributed by atoms with van der Waals surface area (Å²) in [6.07, 6.45) is 2.67. The Morgan fingerprint density at radius 3 is 2.14 bits per heavy atom. The SMILES string of the molecule is C1CC[Si]OC1.C[N+](C)(C)CC(=O)[O-]. The molecule has 82 valence electrons. The smallest absolute Gasteiger partial charge is 0.229 e. The van der Waals surface area contributed by atoms with Gasteiger partial charge in [-0.25, -0.2) is 0 Å². The van der Waals surface area contributed by atoms with E-state index in [4.69, 9.17) is 4.43 Å². The van der Waals surface area contributed by atoms with Gasteiger partial charge in [-0.05, 0) is 12.5 Å². The quantitative estimate of drug-likeness (QED) is 0.453. The first-order chi connectivity index (χ1) is 6.42. The minimum atomic E-state index is -1.00. The summed E-state index contributed by atoms with van der Waals surface area (Å²) in [5.41, 5.74) is 0. The Labute approximate surface area is 88.4 Å². The van der Waals surface area contributed by atoms with E-state index in [9.17, 15) is 9.90 Å². The fourth-order valence-electron chi connectivity index (χ4n) is 0.903. The second-order valence-electron chi connectivity index (χ2n) is 4.27. The first-order valence-electron chi connectivity index (χ1n) is 4.77. The molecule has 0 N–H and O–H groups in total. The number of carboxylic acids is 1. The van der Waals surface area contributed by atoms with Gasteiger partial charge in [0, 0.05) is 6.61 Å². The molecule has 0 aromatic heterocycles. The number of quaternary nitrogens is 1. The number of carboxylic acid groups (broad SMARTS) is 1. The van der Waals surface area contributed by atoms with Crippen LogP contribution in [0.15, 0.2) is 0 Å². The average molecular weight is 217 g/mol. The van der Waals surface area contributed by atoms with Crippen molar-refractivity contribution in [1.82, 2.24) is 0 Å². The molecule has 0 unspecified atom stereocenters. The van der Waals surface area contributed by atoms with E-state index in [2.05, 4.69) is 0 Å². The zero-order chi connectivity index (χ0) is 11.0. The molecule has 1 heterocycles. The number of hydrogen-bond donors (Lipinski definition) is 0. The van der Waals surface area contributed by atoms with Gasteiger partial charge < -0.3 is 18.8 Å². The van der Waals surface area contributed by atoms with Gasteiger partial charge in [0.05, 0.1) is 27.1 Å². The van der Waals surface area contributed by atoms with Gasteiger partial charge in [-0.1, -0.05) is 6.42 Å². The van der Waals surface area contributed by atoms with Crippen LogP contribution in [0.25, 0.3) is 0 Å². The second kappa shape index (κ2) is 6.97. The van der Waals surface area contributed by atoms with Crippen molar-refractivity contribution in [1.29, 1.82) is 0 Å². The van der Waals surface area contributed by atoms with Crippen molar-refractivity contribution in [3.8, 4) is 0 Å². The van der Waals surface area contributed by atoms with Crippen LogP contribution in [0.2, 0.25) is 6.04 Å². The molecule has 0 aromatic carbocycles. The largest absolute Gasteiger partial charge is 0.544 e. The summed E-state index contributed by atoms with van der Waals surface area (Å²) >= 11 is 0. The molecule has 0 aromatic rings. The summed E-state index contributed by atoms with van der Waals surface area (Å²) in [5.74, 6) is -1.00. The first kappa shape index (κ1) is 13.6. The van der Waals surface area contributed by atoms with Crippen molar-refractivity contribution < 1.29 is 18.8 Å². The van der Waals surface area contributed by atoms with Gasteiger partial charge in [-0.3, -0.25) is 0 Å². The van der Waals surface area contributed by atoms with Gasteiger partial charge in [-0.2, -0.15) is 0 Å². The molecule has 1 fully saturated rings. The summed E-state index contributed by atoms with van der Waals surface area (Å²) in [7, 11) is 6.21. The third-order valence-electron chi connectivity index (χ3n) is 1.48. The number of rotatable bonds is 2. The van der Waals surface area contributed by atoms with E-state index in [1.807, 2.05) is 0 Å². The van der Waals surface area contributed by atoms with E-state index in [0.717, 1.165) is 16.4 Å².